The van der Waals surface area contributed by atoms with Crippen molar-refractivity contribution >= 4 is 29.6 Å². The van der Waals surface area contributed by atoms with Gasteiger partial charge in [-0.1, -0.05) is 36.4 Å². The molecule has 11 heteroatoms. The van der Waals surface area contributed by atoms with E-state index in [0.717, 1.165) is 24.3 Å². The number of ketones is 2. The molecule has 3 aromatic carbocycles. The molecule has 1 N–H and O–H groups in total. The number of carbonyl (C=O) groups excluding carboxylic acids is 3. The second kappa shape index (κ2) is 14.9. The van der Waals surface area contributed by atoms with Crippen molar-refractivity contribution in [1.82, 2.24) is 5.32 Å². The first kappa shape index (κ1) is 33.4. The van der Waals surface area contributed by atoms with E-state index in [2.05, 4.69) is 5.32 Å². The van der Waals surface area contributed by atoms with Crippen molar-refractivity contribution in [3.05, 3.63) is 95.1 Å². The van der Waals surface area contributed by atoms with Crippen LogP contribution in [0.25, 0.3) is 12.2 Å². The van der Waals surface area contributed by atoms with Crippen molar-refractivity contribution in [3.8, 4) is 23.0 Å². The smallest absolute Gasteiger partial charge is 0.416 e. The zero-order valence-electron chi connectivity index (χ0n) is 24.7. The fraction of sp³-hybridized carbons (Fsp3) is 0.242. The van der Waals surface area contributed by atoms with E-state index >= 15 is 0 Å². The highest BCUT2D eigenvalue weighted by molar-refractivity contribution is 6.14. The van der Waals surface area contributed by atoms with E-state index < -0.39 is 41.2 Å². The molecule has 1 amide bonds. The van der Waals surface area contributed by atoms with Crippen LogP contribution in [0.5, 0.6) is 23.0 Å². The molecule has 0 aromatic heterocycles. The second-order valence-electron chi connectivity index (χ2n) is 9.48. The molecule has 0 aliphatic rings. The summed E-state index contributed by atoms with van der Waals surface area (Å²) in [4.78, 5) is 39.6. The van der Waals surface area contributed by atoms with Crippen LogP contribution in [0, 0.1) is 5.92 Å². The molecule has 8 nitrogen and oxygen atoms in total. The fourth-order valence-corrected chi connectivity index (χ4v) is 4.40. The Hall–Kier alpha value is -5.06. The Bertz CT molecular complexity index is 1470. The van der Waals surface area contributed by atoms with Gasteiger partial charge in [0.1, 0.15) is 5.92 Å². The molecule has 1 atom stereocenters. The van der Waals surface area contributed by atoms with Crippen molar-refractivity contribution < 1.29 is 46.5 Å². The van der Waals surface area contributed by atoms with Gasteiger partial charge in [0.25, 0.3) is 0 Å². The minimum atomic E-state index is -4.60. The topological polar surface area (TPSA) is 100 Å². The average molecular weight is 612 g/mol. The molecule has 0 aliphatic carbocycles. The van der Waals surface area contributed by atoms with Crippen LogP contribution in [0.4, 0.5) is 13.2 Å². The highest BCUT2D eigenvalue weighted by Gasteiger charge is 2.35. The molecular formula is C33H32F3NO7. The summed E-state index contributed by atoms with van der Waals surface area (Å²) in [5.41, 5.74) is 0.319. The maximum Gasteiger partial charge on any atom is 0.416 e. The lowest BCUT2D eigenvalue weighted by Crippen LogP contribution is -2.39. The number of benzene rings is 3. The van der Waals surface area contributed by atoms with E-state index in [4.69, 9.17) is 18.9 Å². The first-order valence-corrected chi connectivity index (χ1v) is 13.2. The quantitative estimate of drug-likeness (QED) is 0.184. The summed E-state index contributed by atoms with van der Waals surface area (Å²) in [6.45, 7) is 1.18. The Kier molecular flexibility index (Phi) is 11.3. The number of alkyl halides is 3. The number of rotatable bonds is 13. The highest BCUT2D eigenvalue weighted by Crippen LogP contribution is 2.33. The van der Waals surface area contributed by atoms with Crippen molar-refractivity contribution in [2.45, 2.75) is 19.1 Å². The molecular weight excluding hydrogens is 579 g/mol. The van der Waals surface area contributed by atoms with Crippen LogP contribution in [0.3, 0.4) is 0 Å². The van der Waals surface area contributed by atoms with E-state index in [0.29, 0.717) is 34.1 Å². The van der Waals surface area contributed by atoms with Gasteiger partial charge in [-0.15, -0.1) is 0 Å². The van der Waals surface area contributed by atoms with Crippen LogP contribution in [0.1, 0.15) is 35.2 Å². The second-order valence-corrected chi connectivity index (χ2v) is 9.48. The third-order valence-electron chi connectivity index (χ3n) is 6.60. The number of halogens is 3. The zero-order chi connectivity index (χ0) is 32.4. The molecule has 44 heavy (non-hydrogen) atoms. The highest BCUT2D eigenvalue weighted by atomic mass is 19.4. The summed E-state index contributed by atoms with van der Waals surface area (Å²) < 4.78 is 60.8. The van der Waals surface area contributed by atoms with Crippen LogP contribution in [0.15, 0.2) is 72.8 Å². The Balaban J connectivity index is 2.06. The SMILES string of the molecule is COc1ccc(/C=C/C(=O)C(C(=O)/C=C/c2ccc(OC)c(OC)c2)C(NC(C)=O)c2ccc(C(F)(F)F)cc2)cc1OC. The first-order valence-electron chi connectivity index (χ1n) is 13.2. The van der Waals surface area contributed by atoms with E-state index in [9.17, 15) is 27.6 Å². The number of hydrogen-bond acceptors (Lipinski definition) is 7. The van der Waals surface area contributed by atoms with Crippen LogP contribution < -0.4 is 24.3 Å². The number of ether oxygens (including phenoxy) is 4. The van der Waals surface area contributed by atoms with Gasteiger partial charge in [0, 0.05) is 6.92 Å². The number of carbonyl (C=O) groups is 3. The van der Waals surface area contributed by atoms with Gasteiger partial charge in [-0.3, -0.25) is 14.4 Å². The summed E-state index contributed by atoms with van der Waals surface area (Å²) in [6.07, 6.45) is 0.664. The van der Waals surface area contributed by atoms with Crippen molar-refractivity contribution in [3.63, 3.8) is 0 Å². The van der Waals surface area contributed by atoms with Gasteiger partial charge in [-0.2, -0.15) is 13.2 Å². The molecule has 0 saturated carbocycles. The average Bonchev–Trinajstić information content (AvgIpc) is 3.01. The van der Waals surface area contributed by atoms with Gasteiger partial charge < -0.3 is 24.3 Å². The first-order chi connectivity index (χ1) is 20.9. The standard InChI is InChI=1S/C33H32F3NO7/c1-20(38)37-32(23-10-12-24(13-11-23)33(34,35)36)31(25(39)14-6-21-8-16-27(41-2)29(18-21)43-4)26(40)15-7-22-9-17-28(42-3)30(19-22)44-5/h6-19,31-32H,1-5H3,(H,37,38)/b14-6+,15-7+. The predicted octanol–water partition coefficient (Wildman–Crippen LogP) is 6.10. The van der Waals surface area contributed by atoms with Gasteiger partial charge in [-0.05, 0) is 65.2 Å². The van der Waals surface area contributed by atoms with Crippen molar-refractivity contribution in [2.75, 3.05) is 28.4 Å². The number of hydrogen-bond donors (Lipinski definition) is 1. The minimum absolute atomic E-state index is 0.138. The normalized spacial score (nSPS) is 12.3. The monoisotopic (exact) mass is 611 g/mol. The maximum atomic E-state index is 13.7. The van der Waals surface area contributed by atoms with E-state index in [1.165, 1.54) is 59.7 Å². The summed E-state index contributed by atoms with van der Waals surface area (Å²) in [7, 11) is 5.87. The molecule has 0 saturated heterocycles. The fourth-order valence-electron chi connectivity index (χ4n) is 4.40. The Morgan fingerprint density at radius 3 is 1.48 bits per heavy atom. The lowest BCUT2D eigenvalue weighted by molar-refractivity contribution is -0.138. The Labute approximate surface area is 253 Å². The maximum absolute atomic E-state index is 13.7. The molecule has 1 unspecified atom stereocenters. The van der Waals surface area contributed by atoms with Gasteiger partial charge in [0.2, 0.25) is 5.91 Å². The molecule has 0 radical (unpaired) electrons. The lowest BCUT2D eigenvalue weighted by atomic mass is 9.85. The van der Waals surface area contributed by atoms with Crippen molar-refractivity contribution in [2.24, 2.45) is 5.92 Å². The number of nitrogens with one attached hydrogen (secondary N) is 1. The largest absolute Gasteiger partial charge is 0.493 e. The summed E-state index contributed by atoms with van der Waals surface area (Å²) in [5.74, 6) is -1.74. The lowest BCUT2D eigenvalue weighted by Gasteiger charge is -2.25. The third kappa shape index (κ3) is 8.50. The number of methoxy groups -OCH3 is 4. The zero-order valence-corrected chi connectivity index (χ0v) is 24.7. The van der Waals surface area contributed by atoms with Crippen LogP contribution >= 0.6 is 0 Å². The molecule has 0 spiro atoms. The third-order valence-corrected chi connectivity index (χ3v) is 6.60. The van der Waals surface area contributed by atoms with Crippen molar-refractivity contribution in [1.29, 1.82) is 0 Å². The predicted molar refractivity (Wildman–Crippen MR) is 159 cm³/mol. The van der Waals surface area contributed by atoms with Gasteiger partial charge in [0.05, 0.1) is 40.0 Å². The molecule has 0 fully saturated rings. The summed E-state index contributed by atoms with van der Waals surface area (Å²) >= 11 is 0. The molecule has 0 bridgehead atoms. The van der Waals surface area contributed by atoms with Crippen LogP contribution in [-0.2, 0) is 20.6 Å². The van der Waals surface area contributed by atoms with E-state index in [-0.39, 0.29) is 5.56 Å². The molecule has 232 valence electrons. The molecule has 0 aliphatic heterocycles. The Morgan fingerprint density at radius 1 is 0.682 bits per heavy atom. The Morgan fingerprint density at radius 2 is 1.11 bits per heavy atom. The minimum Gasteiger partial charge on any atom is -0.493 e. The molecule has 3 aromatic rings. The summed E-state index contributed by atoms with van der Waals surface area (Å²) in [6, 6.07) is 12.5. The van der Waals surface area contributed by atoms with E-state index in [1.54, 1.807) is 36.4 Å². The van der Waals surface area contributed by atoms with E-state index in [1.807, 2.05) is 0 Å². The molecule has 3 rings (SSSR count). The number of allylic oxidation sites excluding steroid dienone is 2. The van der Waals surface area contributed by atoms with Gasteiger partial charge in [-0.25, -0.2) is 0 Å². The summed E-state index contributed by atoms with van der Waals surface area (Å²) in [5, 5.41) is 2.58. The molecule has 0 heterocycles. The van der Waals surface area contributed by atoms with Crippen LogP contribution in [-0.4, -0.2) is 45.9 Å². The number of amides is 1. The van der Waals surface area contributed by atoms with Crippen LogP contribution in [0.2, 0.25) is 0 Å². The van der Waals surface area contributed by atoms with Gasteiger partial charge in [0.15, 0.2) is 34.6 Å². The van der Waals surface area contributed by atoms with Gasteiger partial charge >= 0.3 is 6.18 Å².